The van der Waals surface area contributed by atoms with Gasteiger partial charge in [0.2, 0.25) is 5.89 Å². The van der Waals surface area contributed by atoms with Crippen LogP contribution >= 0.6 is 0 Å². The van der Waals surface area contributed by atoms with Crippen molar-refractivity contribution in [2.75, 3.05) is 37.0 Å². The fourth-order valence-corrected chi connectivity index (χ4v) is 3.71. The number of piperidine rings is 1. The van der Waals surface area contributed by atoms with Crippen LogP contribution in [0.5, 0.6) is 0 Å². The van der Waals surface area contributed by atoms with Gasteiger partial charge in [-0.05, 0) is 25.7 Å². The van der Waals surface area contributed by atoms with Crippen LogP contribution in [-0.2, 0) is 6.54 Å². The molecule has 0 unspecified atom stereocenters. The van der Waals surface area contributed by atoms with Gasteiger partial charge >= 0.3 is 0 Å². The number of likely N-dealkylation sites (tertiary alicyclic amines) is 1. The van der Waals surface area contributed by atoms with Crippen molar-refractivity contribution in [2.24, 2.45) is 0 Å². The van der Waals surface area contributed by atoms with Crippen molar-refractivity contribution in [1.29, 1.82) is 0 Å². The lowest BCUT2D eigenvalue weighted by molar-refractivity contribution is 0.194. The third-order valence-corrected chi connectivity index (χ3v) is 5.19. The molecule has 1 aliphatic heterocycles. The Hall–Kier alpha value is -2.22. The Morgan fingerprint density at radius 2 is 1.77 bits per heavy atom. The molecule has 8 heteroatoms. The zero-order valence-corrected chi connectivity index (χ0v) is 15.8. The van der Waals surface area contributed by atoms with E-state index in [-0.39, 0.29) is 0 Å². The number of rotatable bonds is 6. The fraction of sp³-hybridized carbons (Fsp3) is 0.667. The molecular weight excluding hydrogens is 330 g/mol. The van der Waals surface area contributed by atoms with Crippen molar-refractivity contribution in [3.63, 3.8) is 0 Å². The molecule has 3 heterocycles. The zero-order valence-electron chi connectivity index (χ0n) is 15.8. The van der Waals surface area contributed by atoms with Gasteiger partial charge in [0.25, 0.3) is 0 Å². The average Bonchev–Trinajstić information content (AvgIpc) is 3.39. The molecule has 8 nitrogen and oxygen atoms in total. The van der Waals surface area contributed by atoms with E-state index in [1.165, 1.54) is 12.8 Å². The van der Waals surface area contributed by atoms with Crippen LogP contribution in [0.15, 0.2) is 16.9 Å². The smallest absolute Gasteiger partial charge is 0.223 e. The van der Waals surface area contributed by atoms with Gasteiger partial charge in [0.1, 0.15) is 18.0 Å². The molecule has 1 saturated carbocycles. The summed E-state index contributed by atoms with van der Waals surface area (Å²) in [6.45, 7) is 4.70. The van der Waals surface area contributed by atoms with Crippen molar-refractivity contribution < 1.29 is 4.52 Å². The van der Waals surface area contributed by atoms with Gasteiger partial charge in [-0.3, -0.25) is 4.90 Å². The van der Waals surface area contributed by atoms with E-state index in [0.29, 0.717) is 18.0 Å². The van der Waals surface area contributed by atoms with Gasteiger partial charge in [-0.25, -0.2) is 9.97 Å². The largest absolute Gasteiger partial charge is 0.363 e. The van der Waals surface area contributed by atoms with Crippen LogP contribution in [0.4, 0.5) is 11.6 Å². The molecule has 2 aliphatic rings. The number of aromatic nitrogens is 4. The maximum atomic E-state index is 5.08. The Morgan fingerprint density at radius 3 is 2.38 bits per heavy atom. The Balaban J connectivity index is 1.42. The summed E-state index contributed by atoms with van der Waals surface area (Å²) in [7, 11) is 4.04. The monoisotopic (exact) mass is 357 g/mol. The van der Waals surface area contributed by atoms with Crippen molar-refractivity contribution in [1.82, 2.24) is 25.0 Å². The molecule has 0 amide bonds. The number of anilines is 2. The number of hydrogen-bond donors (Lipinski definition) is 0. The van der Waals surface area contributed by atoms with E-state index in [1.54, 1.807) is 6.33 Å². The molecule has 1 saturated heterocycles. The van der Waals surface area contributed by atoms with Crippen LogP contribution in [0, 0.1) is 6.92 Å². The summed E-state index contributed by atoms with van der Waals surface area (Å²) >= 11 is 0. The minimum Gasteiger partial charge on any atom is -0.363 e. The summed E-state index contributed by atoms with van der Waals surface area (Å²) in [6.07, 6.45) is 6.49. The maximum absolute atomic E-state index is 5.08. The van der Waals surface area contributed by atoms with E-state index in [0.717, 1.165) is 49.9 Å². The van der Waals surface area contributed by atoms with Crippen molar-refractivity contribution in [3.8, 4) is 0 Å². The van der Waals surface area contributed by atoms with E-state index in [9.17, 15) is 0 Å². The van der Waals surface area contributed by atoms with Gasteiger partial charge in [-0.2, -0.15) is 4.98 Å². The van der Waals surface area contributed by atoms with Gasteiger partial charge < -0.3 is 14.3 Å². The van der Waals surface area contributed by atoms with Crippen LogP contribution in [0.2, 0.25) is 0 Å². The normalized spacial score (nSPS) is 18.9. The third-order valence-electron chi connectivity index (χ3n) is 5.19. The highest BCUT2D eigenvalue weighted by molar-refractivity contribution is 5.51. The van der Waals surface area contributed by atoms with Crippen LogP contribution in [0.1, 0.15) is 37.4 Å². The van der Waals surface area contributed by atoms with Crippen molar-refractivity contribution >= 4 is 11.6 Å². The topological polar surface area (TPSA) is 74.4 Å². The van der Waals surface area contributed by atoms with Crippen LogP contribution < -0.4 is 9.80 Å². The first kappa shape index (κ1) is 17.2. The molecule has 0 aromatic carbocycles. The van der Waals surface area contributed by atoms with Gasteiger partial charge in [0.15, 0.2) is 5.82 Å². The predicted molar refractivity (Wildman–Crippen MR) is 99.2 cm³/mol. The lowest BCUT2D eigenvalue weighted by Gasteiger charge is -2.39. The fourth-order valence-electron chi connectivity index (χ4n) is 3.71. The quantitative estimate of drug-likeness (QED) is 0.776. The Kier molecular flexibility index (Phi) is 4.76. The van der Waals surface area contributed by atoms with E-state index in [2.05, 4.69) is 36.0 Å². The molecule has 2 aromatic heterocycles. The molecule has 26 heavy (non-hydrogen) atoms. The standard InChI is InChI=1S/C18H27N7O/c1-13-21-16(22-26-13)11-24-8-6-15(7-9-24)25(14-4-5-14)18-10-17(23(2)3)19-12-20-18/h10,12,14-15H,4-9,11H2,1-3H3. The minimum absolute atomic E-state index is 0.538. The molecule has 1 aliphatic carbocycles. The van der Waals surface area contributed by atoms with Crippen LogP contribution in [0.25, 0.3) is 0 Å². The summed E-state index contributed by atoms with van der Waals surface area (Å²) in [5.74, 6) is 3.45. The summed E-state index contributed by atoms with van der Waals surface area (Å²) in [5, 5.41) is 4.02. The van der Waals surface area contributed by atoms with Crippen molar-refractivity contribution in [3.05, 3.63) is 24.1 Å². The molecule has 0 atom stereocenters. The van der Waals surface area contributed by atoms with Gasteiger partial charge in [-0.1, -0.05) is 5.16 Å². The Labute approximate surface area is 154 Å². The van der Waals surface area contributed by atoms with E-state index in [4.69, 9.17) is 4.52 Å². The van der Waals surface area contributed by atoms with E-state index < -0.39 is 0 Å². The first-order valence-electron chi connectivity index (χ1n) is 9.39. The number of aryl methyl sites for hydroxylation is 1. The first-order valence-corrected chi connectivity index (χ1v) is 9.39. The zero-order chi connectivity index (χ0) is 18.1. The molecule has 0 spiro atoms. The average molecular weight is 357 g/mol. The van der Waals surface area contributed by atoms with E-state index in [1.807, 2.05) is 25.9 Å². The van der Waals surface area contributed by atoms with Crippen molar-refractivity contribution in [2.45, 2.75) is 51.2 Å². The molecule has 4 rings (SSSR count). The predicted octanol–water partition coefficient (Wildman–Crippen LogP) is 1.87. The molecular formula is C18H27N7O. The summed E-state index contributed by atoms with van der Waals surface area (Å²) in [6, 6.07) is 3.29. The summed E-state index contributed by atoms with van der Waals surface area (Å²) in [5.41, 5.74) is 0. The second kappa shape index (κ2) is 7.19. The van der Waals surface area contributed by atoms with Gasteiger partial charge in [-0.15, -0.1) is 0 Å². The maximum Gasteiger partial charge on any atom is 0.223 e. The number of nitrogens with zero attached hydrogens (tertiary/aromatic N) is 7. The van der Waals surface area contributed by atoms with Crippen LogP contribution in [0.3, 0.4) is 0 Å². The van der Waals surface area contributed by atoms with Gasteiger partial charge in [0.05, 0.1) is 6.54 Å². The molecule has 2 fully saturated rings. The lowest BCUT2D eigenvalue weighted by atomic mass is 10.0. The highest BCUT2D eigenvalue weighted by atomic mass is 16.5. The molecule has 0 bridgehead atoms. The Morgan fingerprint density at radius 1 is 1.08 bits per heavy atom. The lowest BCUT2D eigenvalue weighted by Crippen LogP contribution is -2.46. The molecule has 140 valence electrons. The second-order valence-electron chi connectivity index (χ2n) is 7.50. The second-order valence-corrected chi connectivity index (χ2v) is 7.50. The van der Waals surface area contributed by atoms with E-state index >= 15 is 0 Å². The third kappa shape index (κ3) is 3.80. The number of hydrogen-bond acceptors (Lipinski definition) is 8. The first-order chi connectivity index (χ1) is 12.6. The molecule has 0 radical (unpaired) electrons. The molecule has 2 aromatic rings. The minimum atomic E-state index is 0.538. The Bertz CT molecular complexity index is 735. The summed E-state index contributed by atoms with van der Waals surface area (Å²) < 4.78 is 5.08. The SMILES string of the molecule is Cc1nc(CN2CCC(N(c3cc(N(C)C)ncn3)C3CC3)CC2)no1. The molecule has 0 N–H and O–H groups in total. The van der Waals surface area contributed by atoms with Gasteiger partial charge in [0, 0.05) is 52.3 Å². The van der Waals surface area contributed by atoms with Crippen LogP contribution in [-0.4, -0.2) is 64.3 Å². The highest BCUT2D eigenvalue weighted by Gasteiger charge is 2.36. The highest BCUT2D eigenvalue weighted by Crippen LogP contribution is 2.36. The summed E-state index contributed by atoms with van der Waals surface area (Å²) in [4.78, 5) is 20.3.